The number of benzene rings is 1. The van der Waals surface area contributed by atoms with E-state index in [0.29, 0.717) is 5.75 Å². The smallest absolute Gasteiger partial charge is 0.244 e. The van der Waals surface area contributed by atoms with Crippen LogP contribution >= 0.6 is 15.9 Å². The van der Waals surface area contributed by atoms with Gasteiger partial charge in [0.15, 0.2) is 0 Å². The molecule has 0 bridgehead atoms. The number of hydrogen-bond acceptors (Lipinski definition) is 3. The summed E-state index contributed by atoms with van der Waals surface area (Å²) in [6.45, 7) is 0. The van der Waals surface area contributed by atoms with E-state index in [9.17, 15) is 9.90 Å². The molecule has 1 aromatic rings. The molecule has 2 atom stereocenters. The van der Waals surface area contributed by atoms with E-state index in [-0.39, 0.29) is 11.9 Å². The van der Waals surface area contributed by atoms with Gasteiger partial charge in [-0.25, -0.2) is 0 Å². The normalized spacial score (nSPS) is 22.2. The molecule has 2 unspecified atom stereocenters. The molecule has 0 aromatic heterocycles. The van der Waals surface area contributed by atoms with Crippen LogP contribution in [0.2, 0.25) is 0 Å². The summed E-state index contributed by atoms with van der Waals surface area (Å²) in [4.78, 5) is 12.0. The van der Waals surface area contributed by atoms with Gasteiger partial charge in [0, 0.05) is 16.1 Å². The number of methoxy groups -OCH3 is 1. The second-order valence-electron chi connectivity index (χ2n) is 5.19. The van der Waals surface area contributed by atoms with E-state index in [4.69, 9.17) is 4.74 Å². The Hall–Kier alpha value is -1.33. The number of aliphatic hydroxyl groups is 1. The van der Waals surface area contributed by atoms with Crippen molar-refractivity contribution in [2.45, 2.75) is 37.8 Å². The van der Waals surface area contributed by atoms with Crippen molar-refractivity contribution in [3.63, 3.8) is 0 Å². The van der Waals surface area contributed by atoms with Crippen molar-refractivity contribution in [2.75, 3.05) is 7.11 Å². The summed E-state index contributed by atoms with van der Waals surface area (Å²) in [5.74, 6) is 0.517. The predicted molar refractivity (Wildman–Crippen MR) is 86.1 cm³/mol. The number of amides is 1. The zero-order valence-electron chi connectivity index (χ0n) is 12.0. The first-order valence-electron chi connectivity index (χ1n) is 7.10. The summed E-state index contributed by atoms with van der Waals surface area (Å²) in [5, 5.41) is 12.7. The summed E-state index contributed by atoms with van der Waals surface area (Å²) < 4.78 is 6.18. The van der Waals surface area contributed by atoms with Gasteiger partial charge in [-0.1, -0.05) is 28.8 Å². The number of carbonyl (C=O) groups excluding carboxylic acids is 1. The predicted octanol–water partition coefficient (Wildman–Crippen LogP) is 2.89. The van der Waals surface area contributed by atoms with Crippen molar-refractivity contribution in [3.05, 3.63) is 34.3 Å². The number of carbonyl (C=O) groups is 1. The van der Waals surface area contributed by atoms with Gasteiger partial charge in [-0.15, -0.1) is 0 Å². The summed E-state index contributed by atoms with van der Waals surface area (Å²) in [6, 6.07) is 5.47. The third kappa shape index (κ3) is 4.58. The number of halogens is 1. The van der Waals surface area contributed by atoms with Crippen LogP contribution in [0.25, 0.3) is 6.08 Å². The van der Waals surface area contributed by atoms with Crippen molar-refractivity contribution in [2.24, 2.45) is 0 Å². The average Bonchev–Trinajstić information content (AvgIpc) is 2.48. The molecule has 1 aliphatic rings. The highest BCUT2D eigenvalue weighted by Gasteiger charge is 2.23. The molecule has 21 heavy (non-hydrogen) atoms. The number of aliphatic hydroxyl groups excluding tert-OH is 1. The lowest BCUT2D eigenvalue weighted by atomic mass is 9.92. The molecule has 114 valence electrons. The highest BCUT2D eigenvalue weighted by molar-refractivity contribution is 9.10. The SMILES string of the molecule is COc1ccc(Br)cc1C=CC(=O)NC1CCCCC1O. The minimum atomic E-state index is -0.434. The first-order valence-corrected chi connectivity index (χ1v) is 7.89. The van der Waals surface area contributed by atoms with Crippen molar-refractivity contribution in [3.8, 4) is 5.75 Å². The Bertz CT molecular complexity index is 530. The highest BCUT2D eigenvalue weighted by Crippen LogP contribution is 2.24. The molecule has 1 fully saturated rings. The lowest BCUT2D eigenvalue weighted by Gasteiger charge is -2.27. The van der Waals surface area contributed by atoms with E-state index >= 15 is 0 Å². The molecule has 0 radical (unpaired) electrons. The Balaban J connectivity index is 2.00. The molecule has 1 aliphatic carbocycles. The van der Waals surface area contributed by atoms with Gasteiger partial charge in [-0.05, 0) is 37.1 Å². The van der Waals surface area contributed by atoms with Crippen LogP contribution in [0.5, 0.6) is 5.75 Å². The molecular weight excluding hydrogens is 334 g/mol. The molecule has 5 heteroatoms. The topological polar surface area (TPSA) is 58.6 Å². The van der Waals surface area contributed by atoms with E-state index < -0.39 is 6.10 Å². The summed E-state index contributed by atoms with van der Waals surface area (Å²) >= 11 is 3.40. The third-order valence-corrected chi connectivity index (χ3v) is 4.16. The lowest BCUT2D eigenvalue weighted by molar-refractivity contribution is -0.118. The van der Waals surface area contributed by atoms with Crippen LogP contribution in [0.4, 0.5) is 0 Å². The first-order chi connectivity index (χ1) is 10.1. The third-order valence-electron chi connectivity index (χ3n) is 3.66. The number of rotatable bonds is 4. The standard InChI is InChI=1S/C16H20BrNO3/c1-21-15-8-7-12(17)10-11(15)6-9-16(20)18-13-4-2-3-5-14(13)19/h6-10,13-14,19H,2-5H2,1H3,(H,18,20). The van der Waals surface area contributed by atoms with E-state index in [2.05, 4.69) is 21.2 Å². The largest absolute Gasteiger partial charge is 0.496 e. The van der Waals surface area contributed by atoms with E-state index in [1.165, 1.54) is 6.08 Å². The molecule has 0 heterocycles. The number of nitrogens with one attached hydrogen (secondary N) is 1. The van der Waals surface area contributed by atoms with E-state index in [0.717, 1.165) is 35.7 Å². The monoisotopic (exact) mass is 353 g/mol. The number of ether oxygens (including phenoxy) is 1. The fraction of sp³-hybridized carbons (Fsp3) is 0.438. The van der Waals surface area contributed by atoms with Crippen LogP contribution < -0.4 is 10.1 Å². The van der Waals surface area contributed by atoms with Crippen LogP contribution in [-0.2, 0) is 4.79 Å². The molecule has 0 aliphatic heterocycles. The zero-order chi connectivity index (χ0) is 15.2. The van der Waals surface area contributed by atoms with E-state index in [1.54, 1.807) is 13.2 Å². The summed E-state index contributed by atoms with van der Waals surface area (Å²) in [5.41, 5.74) is 0.825. The molecule has 2 N–H and O–H groups in total. The lowest BCUT2D eigenvalue weighted by Crippen LogP contribution is -2.44. The van der Waals surface area contributed by atoms with Crippen LogP contribution in [0.15, 0.2) is 28.7 Å². The second-order valence-corrected chi connectivity index (χ2v) is 6.10. The fourth-order valence-corrected chi connectivity index (χ4v) is 2.89. The van der Waals surface area contributed by atoms with Gasteiger partial charge >= 0.3 is 0 Å². The summed E-state index contributed by atoms with van der Waals surface area (Å²) in [7, 11) is 1.60. The molecule has 4 nitrogen and oxygen atoms in total. The molecule has 1 amide bonds. The Labute approximate surface area is 133 Å². The Morgan fingerprint density at radius 1 is 1.43 bits per heavy atom. The van der Waals surface area contributed by atoms with Crippen LogP contribution in [0.3, 0.4) is 0 Å². The maximum absolute atomic E-state index is 12.0. The van der Waals surface area contributed by atoms with Crippen molar-refractivity contribution >= 4 is 27.9 Å². The Kier molecular flexibility index (Phi) is 5.82. The summed E-state index contributed by atoms with van der Waals surface area (Å²) in [6.07, 6.45) is 6.43. The van der Waals surface area contributed by atoms with Gasteiger partial charge in [0.1, 0.15) is 5.75 Å². The Morgan fingerprint density at radius 2 is 2.19 bits per heavy atom. The van der Waals surface area contributed by atoms with Crippen LogP contribution in [-0.4, -0.2) is 30.3 Å². The van der Waals surface area contributed by atoms with Crippen molar-refractivity contribution in [1.82, 2.24) is 5.32 Å². The van der Waals surface area contributed by atoms with Gasteiger partial charge < -0.3 is 15.2 Å². The quantitative estimate of drug-likeness (QED) is 0.818. The molecule has 1 aromatic carbocycles. The van der Waals surface area contributed by atoms with Crippen LogP contribution in [0, 0.1) is 0 Å². The first kappa shape index (κ1) is 16.0. The van der Waals surface area contributed by atoms with Crippen molar-refractivity contribution in [1.29, 1.82) is 0 Å². The maximum atomic E-state index is 12.0. The molecular formula is C16H20BrNO3. The van der Waals surface area contributed by atoms with Gasteiger partial charge in [0.05, 0.1) is 19.3 Å². The Morgan fingerprint density at radius 3 is 2.90 bits per heavy atom. The maximum Gasteiger partial charge on any atom is 0.244 e. The minimum Gasteiger partial charge on any atom is -0.496 e. The zero-order valence-corrected chi connectivity index (χ0v) is 13.6. The van der Waals surface area contributed by atoms with E-state index in [1.807, 2.05) is 18.2 Å². The molecule has 1 saturated carbocycles. The molecule has 0 saturated heterocycles. The number of hydrogen-bond donors (Lipinski definition) is 2. The average molecular weight is 354 g/mol. The van der Waals surface area contributed by atoms with Crippen LogP contribution in [0.1, 0.15) is 31.2 Å². The van der Waals surface area contributed by atoms with Gasteiger partial charge in [-0.3, -0.25) is 4.79 Å². The fourth-order valence-electron chi connectivity index (χ4n) is 2.51. The molecule has 2 rings (SSSR count). The van der Waals surface area contributed by atoms with Gasteiger partial charge in [0.2, 0.25) is 5.91 Å². The van der Waals surface area contributed by atoms with Crippen molar-refractivity contribution < 1.29 is 14.6 Å². The van der Waals surface area contributed by atoms with Gasteiger partial charge in [-0.2, -0.15) is 0 Å². The second kappa shape index (κ2) is 7.61. The highest BCUT2D eigenvalue weighted by atomic mass is 79.9. The minimum absolute atomic E-state index is 0.139. The molecule has 0 spiro atoms. The van der Waals surface area contributed by atoms with Gasteiger partial charge in [0.25, 0.3) is 0 Å².